The van der Waals surface area contributed by atoms with Crippen molar-refractivity contribution in [3.8, 4) is 39.5 Å². The summed E-state index contributed by atoms with van der Waals surface area (Å²) < 4.78 is 5.97. The number of hydrogen-bond donors (Lipinski definition) is 2. The average Bonchev–Trinajstić information content (AvgIpc) is 3.61. The zero-order valence-corrected chi connectivity index (χ0v) is 20.0. The lowest BCUT2D eigenvalue weighted by molar-refractivity contribution is 0.305. The van der Waals surface area contributed by atoms with Crippen LogP contribution >= 0.6 is 0 Å². The van der Waals surface area contributed by atoms with Crippen molar-refractivity contribution in [1.82, 2.24) is 40.1 Å². The zero-order valence-electron chi connectivity index (χ0n) is 20.0. The molecule has 0 bridgehead atoms. The predicted molar refractivity (Wildman–Crippen MR) is 144 cm³/mol. The smallest absolute Gasteiger partial charge is 0.181 e. The summed E-state index contributed by atoms with van der Waals surface area (Å²) in [5.41, 5.74) is 7.69. The molecule has 7 rings (SSSR count). The lowest BCUT2D eigenvalue weighted by Gasteiger charge is -2.08. The maximum Gasteiger partial charge on any atom is 0.181 e. The van der Waals surface area contributed by atoms with Gasteiger partial charge in [0.05, 0.1) is 17.1 Å². The minimum atomic E-state index is 0.469. The lowest BCUT2D eigenvalue weighted by Crippen LogP contribution is -1.96. The van der Waals surface area contributed by atoms with Crippen molar-refractivity contribution in [3.05, 3.63) is 103 Å². The van der Waals surface area contributed by atoms with E-state index in [2.05, 4.69) is 35.1 Å². The number of aromatic amines is 2. The molecular formula is C29H20N8O. The fourth-order valence-electron chi connectivity index (χ4n) is 4.44. The van der Waals surface area contributed by atoms with Crippen LogP contribution in [0.2, 0.25) is 0 Å². The molecule has 0 radical (unpaired) electrons. The number of ether oxygens (including phenoxy) is 1. The largest absolute Gasteiger partial charge is 0.487 e. The topological polar surface area (TPSA) is 118 Å². The second-order valence-corrected chi connectivity index (χ2v) is 8.76. The van der Waals surface area contributed by atoms with Crippen molar-refractivity contribution >= 4 is 22.2 Å². The summed E-state index contributed by atoms with van der Waals surface area (Å²) in [5, 5.41) is 8.33. The first kappa shape index (κ1) is 21.8. The van der Waals surface area contributed by atoms with E-state index in [9.17, 15) is 0 Å². The van der Waals surface area contributed by atoms with Gasteiger partial charge in [-0.05, 0) is 41.5 Å². The van der Waals surface area contributed by atoms with Crippen LogP contribution in [0.25, 0.3) is 56.0 Å². The summed E-state index contributed by atoms with van der Waals surface area (Å²) in [6, 6.07) is 19.9. The molecule has 0 saturated carbocycles. The molecule has 0 aliphatic carbocycles. The number of benzene rings is 1. The Morgan fingerprint density at radius 1 is 0.737 bits per heavy atom. The number of H-pyrrole nitrogens is 2. The predicted octanol–water partition coefficient (Wildman–Crippen LogP) is 5.60. The maximum atomic E-state index is 5.97. The highest BCUT2D eigenvalue weighted by molar-refractivity contribution is 5.96. The minimum Gasteiger partial charge on any atom is -0.487 e. The highest BCUT2D eigenvalue weighted by atomic mass is 16.5. The van der Waals surface area contributed by atoms with Gasteiger partial charge in [-0.15, -0.1) is 0 Å². The fourth-order valence-corrected chi connectivity index (χ4v) is 4.44. The summed E-state index contributed by atoms with van der Waals surface area (Å²) in [7, 11) is 0. The molecule has 0 aliphatic heterocycles. The number of rotatable bonds is 6. The van der Waals surface area contributed by atoms with Gasteiger partial charge in [-0.25, -0.2) is 15.0 Å². The number of hydrogen-bond acceptors (Lipinski definition) is 7. The number of imidazole rings is 1. The molecule has 0 unspecified atom stereocenters. The highest BCUT2D eigenvalue weighted by Gasteiger charge is 2.16. The van der Waals surface area contributed by atoms with Crippen LogP contribution in [0.3, 0.4) is 0 Å². The van der Waals surface area contributed by atoms with E-state index >= 15 is 0 Å². The van der Waals surface area contributed by atoms with Crippen molar-refractivity contribution in [2.45, 2.75) is 6.61 Å². The van der Waals surface area contributed by atoms with Gasteiger partial charge in [0.2, 0.25) is 0 Å². The molecule has 7 aromatic rings. The molecule has 0 spiro atoms. The van der Waals surface area contributed by atoms with Crippen LogP contribution < -0.4 is 4.74 Å². The molecule has 6 aromatic heterocycles. The quantitative estimate of drug-likeness (QED) is 0.308. The Kier molecular flexibility index (Phi) is 5.29. The van der Waals surface area contributed by atoms with Crippen molar-refractivity contribution in [3.63, 3.8) is 0 Å². The van der Waals surface area contributed by atoms with E-state index in [0.717, 1.165) is 44.4 Å². The van der Waals surface area contributed by atoms with Gasteiger partial charge in [0, 0.05) is 47.7 Å². The van der Waals surface area contributed by atoms with Crippen LogP contribution in [0.15, 0.2) is 97.8 Å². The third kappa shape index (κ3) is 4.01. The van der Waals surface area contributed by atoms with Crippen LogP contribution in [0, 0.1) is 0 Å². The standard InChI is InChI=1S/C29H20N8O/c1-2-4-18(5-3-1)17-38-22-12-20(14-31-16-22)21-13-24-26(36-37-27(24)33-15-21)29-34-25-23(8-11-32-28(25)35-29)19-6-9-30-10-7-19/h1-16H,17H2,(H,32,34,35)(H,33,36,37). The summed E-state index contributed by atoms with van der Waals surface area (Å²) in [6.45, 7) is 0.469. The number of nitrogens with zero attached hydrogens (tertiary/aromatic N) is 6. The molecule has 0 atom stereocenters. The highest BCUT2D eigenvalue weighted by Crippen LogP contribution is 2.32. The van der Waals surface area contributed by atoms with Crippen molar-refractivity contribution < 1.29 is 4.74 Å². The molecule has 38 heavy (non-hydrogen) atoms. The molecule has 9 heteroatoms. The molecule has 9 nitrogen and oxygen atoms in total. The van der Waals surface area contributed by atoms with Crippen molar-refractivity contribution in [2.75, 3.05) is 0 Å². The first-order valence-electron chi connectivity index (χ1n) is 12.0. The SMILES string of the molecule is c1ccc(COc2cncc(-c3cnc4n[nH]c(-c5nc6nccc(-c7ccncc7)c6[nH]5)c4c3)c2)cc1. The Morgan fingerprint density at radius 2 is 1.61 bits per heavy atom. The number of nitrogens with one attached hydrogen (secondary N) is 2. The molecule has 0 saturated heterocycles. The average molecular weight is 497 g/mol. The molecule has 182 valence electrons. The van der Waals surface area contributed by atoms with Gasteiger partial charge in [0.1, 0.15) is 18.1 Å². The van der Waals surface area contributed by atoms with Crippen LogP contribution in [0.1, 0.15) is 5.56 Å². The molecule has 1 aromatic carbocycles. The maximum absolute atomic E-state index is 5.97. The van der Waals surface area contributed by atoms with Crippen LogP contribution in [-0.4, -0.2) is 40.1 Å². The Bertz CT molecular complexity index is 1880. The summed E-state index contributed by atoms with van der Waals surface area (Å²) in [5.74, 6) is 1.32. The summed E-state index contributed by atoms with van der Waals surface area (Å²) in [6.07, 6.45) is 10.6. The molecule has 0 aliphatic rings. The normalized spacial score (nSPS) is 11.3. The summed E-state index contributed by atoms with van der Waals surface area (Å²) in [4.78, 5) is 25.7. The number of pyridine rings is 4. The Hall–Kier alpha value is -5.44. The van der Waals surface area contributed by atoms with E-state index in [1.165, 1.54) is 0 Å². The molecule has 6 heterocycles. The van der Waals surface area contributed by atoms with E-state index in [4.69, 9.17) is 9.72 Å². The van der Waals surface area contributed by atoms with E-state index in [-0.39, 0.29) is 0 Å². The summed E-state index contributed by atoms with van der Waals surface area (Å²) >= 11 is 0. The van der Waals surface area contributed by atoms with E-state index in [1.807, 2.05) is 60.7 Å². The third-order valence-electron chi connectivity index (χ3n) is 6.32. The molecule has 2 N–H and O–H groups in total. The van der Waals surface area contributed by atoms with Gasteiger partial charge in [-0.3, -0.25) is 15.1 Å². The number of aromatic nitrogens is 8. The second-order valence-electron chi connectivity index (χ2n) is 8.76. The second kappa shape index (κ2) is 9.21. The first-order valence-corrected chi connectivity index (χ1v) is 12.0. The monoisotopic (exact) mass is 496 g/mol. The fraction of sp³-hybridized carbons (Fsp3) is 0.0345. The van der Waals surface area contributed by atoms with Gasteiger partial charge >= 0.3 is 0 Å². The Labute approximate surface area is 216 Å². The van der Waals surface area contributed by atoms with E-state index in [0.29, 0.717) is 29.5 Å². The van der Waals surface area contributed by atoms with Crippen LogP contribution in [0.4, 0.5) is 0 Å². The number of fused-ring (bicyclic) bond motifs is 2. The van der Waals surface area contributed by atoms with Gasteiger partial charge in [0.25, 0.3) is 0 Å². The Morgan fingerprint density at radius 3 is 2.50 bits per heavy atom. The van der Waals surface area contributed by atoms with E-state index < -0.39 is 0 Å². The van der Waals surface area contributed by atoms with Crippen LogP contribution in [0.5, 0.6) is 5.75 Å². The van der Waals surface area contributed by atoms with Gasteiger partial charge < -0.3 is 9.72 Å². The van der Waals surface area contributed by atoms with Gasteiger partial charge in [-0.1, -0.05) is 30.3 Å². The zero-order chi connectivity index (χ0) is 25.3. The van der Waals surface area contributed by atoms with Gasteiger partial charge in [0.15, 0.2) is 17.1 Å². The first-order chi connectivity index (χ1) is 18.8. The van der Waals surface area contributed by atoms with Crippen LogP contribution in [-0.2, 0) is 6.61 Å². The lowest BCUT2D eigenvalue weighted by atomic mass is 10.1. The van der Waals surface area contributed by atoms with Crippen molar-refractivity contribution in [2.24, 2.45) is 0 Å². The minimum absolute atomic E-state index is 0.469. The van der Waals surface area contributed by atoms with Gasteiger partial charge in [-0.2, -0.15) is 5.10 Å². The molecule has 0 fully saturated rings. The molecular weight excluding hydrogens is 476 g/mol. The molecule has 0 amide bonds. The van der Waals surface area contributed by atoms with Crippen molar-refractivity contribution in [1.29, 1.82) is 0 Å². The third-order valence-corrected chi connectivity index (χ3v) is 6.32. The van der Waals surface area contributed by atoms with E-state index in [1.54, 1.807) is 37.2 Å². The Balaban J connectivity index is 1.24.